The highest BCUT2D eigenvalue weighted by atomic mass is 16.8. The Morgan fingerprint density at radius 2 is 1.29 bits per heavy atom. The van der Waals surface area contributed by atoms with E-state index in [1.807, 2.05) is 0 Å². The van der Waals surface area contributed by atoms with Gasteiger partial charge in [-0.1, -0.05) is 6.92 Å². The fourth-order valence-electron chi connectivity index (χ4n) is 5.29. The molecule has 35 heavy (non-hydrogen) atoms. The van der Waals surface area contributed by atoms with E-state index in [-0.39, 0.29) is 12.3 Å². The Morgan fingerprint density at radius 3 is 1.80 bits per heavy atom. The van der Waals surface area contributed by atoms with Gasteiger partial charge in [-0.25, -0.2) is 0 Å². The van der Waals surface area contributed by atoms with Crippen LogP contribution in [0.5, 0.6) is 0 Å². The summed E-state index contributed by atoms with van der Waals surface area (Å²) in [5.41, 5.74) is -1.73. The molecular formula is C21H34O14. The van der Waals surface area contributed by atoms with Gasteiger partial charge in [-0.15, -0.1) is 0 Å². The minimum Gasteiger partial charge on any atom is -0.472 e. The van der Waals surface area contributed by atoms with Crippen molar-refractivity contribution in [2.24, 2.45) is 11.8 Å². The van der Waals surface area contributed by atoms with Crippen LogP contribution in [0.3, 0.4) is 0 Å². The molecule has 202 valence electrons. The molecular weight excluding hydrogens is 476 g/mol. The molecule has 1 saturated carbocycles. The van der Waals surface area contributed by atoms with Crippen molar-refractivity contribution in [2.45, 2.75) is 92.8 Å². The summed E-state index contributed by atoms with van der Waals surface area (Å²) >= 11 is 0. The van der Waals surface area contributed by atoms with Crippen LogP contribution in [0.15, 0.2) is 12.3 Å². The molecule has 0 bridgehead atoms. The zero-order valence-corrected chi connectivity index (χ0v) is 18.9. The number of aliphatic hydroxyl groups excluding tert-OH is 8. The first-order chi connectivity index (χ1) is 16.5. The van der Waals surface area contributed by atoms with Gasteiger partial charge in [-0.2, -0.15) is 0 Å². The lowest BCUT2D eigenvalue weighted by molar-refractivity contribution is -0.351. The normalized spacial score (nSPS) is 54.3. The van der Waals surface area contributed by atoms with E-state index in [0.29, 0.717) is 0 Å². The summed E-state index contributed by atoms with van der Waals surface area (Å²) in [7, 11) is 0. The molecule has 0 spiro atoms. The number of aliphatic hydroxyl groups is 9. The number of hydrogen-bond acceptors (Lipinski definition) is 14. The van der Waals surface area contributed by atoms with Crippen LogP contribution in [-0.2, 0) is 23.7 Å². The molecule has 3 aliphatic heterocycles. The van der Waals surface area contributed by atoms with Gasteiger partial charge in [0.25, 0.3) is 0 Å². The van der Waals surface area contributed by atoms with Crippen LogP contribution < -0.4 is 0 Å². The van der Waals surface area contributed by atoms with E-state index in [4.69, 9.17) is 23.7 Å². The predicted molar refractivity (Wildman–Crippen MR) is 110 cm³/mol. The fourth-order valence-corrected chi connectivity index (χ4v) is 5.29. The number of fused-ring (bicyclic) bond motifs is 1. The number of ether oxygens (including phenoxy) is 5. The fraction of sp³-hybridized carbons (Fsp3) is 0.905. The topological polar surface area (TPSA) is 228 Å². The predicted octanol–water partition coefficient (Wildman–Crippen LogP) is -4.75. The lowest BCUT2D eigenvalue weighted by Crippen LogP contribution is -2.62. The van der Waals surface area contributed by atoms with E-state index in [1.165, 1.54) is 6.08 Å². The van der Waals surface area contributed by atoms with Crippen molar-refractivity contribution in [3.63, 3.8) is 0 Å². The van der Waals surface area contributed by atoms with Crippen molar-refractivity contribution in [1.29, 1.82) is 0 Å². The molecule has 3 heterocycles. The maximum Gasteiger partial charge on any atom is 0.207 e. The first-order valence-corrected chi connectivity index (χ1v) is 11.5. The third-order valence-electron chi connectivity index (χ3n) is 7.35. The molecule has 14 nitrogen and oxygen atoms in total. The molecule has 14 heteroatoms. The molecule has 3 fully saturated rings. The van der Waals surface area contributed by atoms with Gasteiger partial charge in [0, 0.05) is 0 Å². The summed E-state index contributed by atoms with van der Waals surface area (Å²) in [5, 5.41) is 91.0. The van der Waals surface area contributed by atoms with Crippen LogP contribution in [-0.4, -0.2) is 139 Å². The van der Waals surface area contributed by atoms with Crippen molar-refractivity contribution < 1.29 is 69.6 Å². The first-order valence-electron chi connectivity index (χ1n) is 11.5. The highest BCUT2D eigenvalue weighted by Crippen LogP contribution is 2.49. The maximum atomic E-state index is 11.6. The summed E-state index contributed by atoms with van der Waals surface area (Å²) in [4.78, 5) is 0. The number of hydrogen-bond donors (Lipinski definition) is 9. The average molecular weight is 510 g/mol. The molecule has 2 saturated heterocycles. The zero-order chi connectivity index (χ0) is 25.7. The molecule has 0 aromatic rings. The second kappa shape index (κ2) is 10.4. The van der Waals surface area contributed by atoms with Gasteiger partial charge in [0.05, 0.1) is 31.5 Å². The van der Waals surface area contributed by atoms with Crippen LogP contribution in [0, 0.1) is 11.8 Å². The van der Waals surface area contributed by atoms with Crippen LogP contribution in [0.2, 0.25) is 0 Å². The summed E-state index contributed by atoms with van der Waals surface area (Å²) < 4.78 is 27.9. The summed E-state index contributed by atoms with van der Waals surface area (Å²) in [5.74, 6) is -1.12. The Kier molecular flexibility index (Phi) is 8.05. The Balaban J connectivity index is 1.49. The summed E-state index contributed by atoms with van der Waals surface area (Å²) in [6.45, 7) is 0.495. The van der Waals surface area contributed by atoms with E-state index >= 15 is 0 Å². The van der Waals surface area contributed by atoms with Crippen molar-refractivity contribution in [3.05, 3.63) is 12.3 Å². The van der Waals surface area contributed by atoms with Gasteiger partial charge in [0.1, 0.15) is 54.4 Å². The van der Waals surface area contributed by atoms with Crippen LogP contribution in [0.1, 0.15) is 13.3 Å². The molecule has 0 aromatic heterocycles. The molecule has 1 aliphatic carbocycles. The van der Waals surface area contributed by atoms with E-state index in [9.17, 15) is 46.0 Å². The van der Waals surface area contributed by atoms with E-state index < -0.39 is 98.5 Å². The number of rotatable bonds is 6. The molecule has 15 atom stereocenters. The van der Waals surface area contributed by atoms with Crippen molar-refractivity contribution in [3.8, 4) is 0 Å². The van der Waals surface area contributed by atoms with Gasteiger partial charge in [0.15, 0.2) is 12.6 Å². The monoisotopic (exact) mass is 510 g/mol. The van der Waals surface area contributed by atoms with Gasteiger partial charge < -0.3 is 69.6 Å². The van der Waals surface area contributed by atoms with Crippen molar-refractivity contribution in [2.75, 3.05) is 13.2 Å². The third-order valence-corrected chi connectivity index (χ3v) is 7.35. The Hall–Kier alpha value is -0.980. The molecule has 4 rings (SSSR count). The first kappa shape index (κ1) is 27.1. The van der Waals surface area contributed by atoms with Crippen molar-refractivity contribution >= 4 is 0 Å². The van der Waals surface area contributed by atoms with Crippen LogP contribution >= 0.6 is 0 Å². The summed E-state index contributed by atoms with van der Waals surface area (Å²) in [6, 6.07) is 0. The van der Waals surface area contributed by atoms with E-state index in [0.717, 1.165) is 6.26 Å². The zero-order valence-electron chi connectivity index (χ0n) is 18.9. The molecule has 4 aliphatic rings. The molecule has 9 N–H and O–H groups in total. The molecule has 0 amide bonds. The van der Waals surface area contributed by atoms with Gasteiger partial charge in [-0.3, -0.25) is 0 Å². The Labute approximate surface area is 200 Å². The standard InChI is InChI=1S/C21H34O14/c1-7-4-10(34-19-16(28)14(26)12(24)8(5-22)32-19)21(30)2-3-31-18(11(7)21)35-20-17(29)15(27)13(25)9(6-23)33-20/h2-3,7-20,22-30H,4-6H2,1H3/t7?,8-,9-,10-,11+,12-,13-,14+,15+,16-,17-,18+,19+,20+,21-/m1/s1. The second-order valence-corrected chi connectivity index (χ2v) is 9.59. The highest BCUT2D eigenvalue weighted by molar-refractivity contribution is 5.17. The minimum atomic E-state index is -1.73. The van der Waals surface area contributed by atoms with Gasteiger partial charge in [0.2, 0.25) is 6.29 Å². The molecule has 0 aromatic carbocycles. The second-order valence-electron chi connectivity index (χ2n) is 9.59. The van der Waals surface area contributed by atoms with Crippen LogP contribution in [0.25, 0.3) is 0 Å². The van der Waals surface area contributed by atoms with Crippen molar-refractivity contribution in [1.82, 2.24) is 0 Å². The third kappa shape index (κ3) is 4.72. The lowest BCUT2D eigenvalue weighted by atomic mass is 9.83. The average Bonchev–Trinajstić information content (AvgIpc) is 3.09. The van der Waals surface area contributed by atoms with Gasteiger partial charge in [-0.05, 0) is 18.4 Å². The lowest BCUT2D eigenvalue weighted by Gasteiger charge is -2.45. The smallest absolute Gasteiger partial charge is 0.207 e. The molecule has 0 radical (unpaired) electrons. The highest BCUT2D eigenvalue weighted by Gasteiger charge is 2.60. The Morgan fingerprint density at radius 1 is 0.771 bits per heavy atom. The largest absolute Gasteiger partial charge is 0.472 e. The SMILES string of the molecule is CC1C[C@@H](O[C@@H]2O[C@H](CO)[C@@H](O)[C@H](O)[C@H]2O)[C@]2(O)C=CO[C@@H](O[C@@H]3O[C@H](CO)[C@@H](O)[C@H](O)[C@H]3O)[C@H]12. The van der Waals surface area contributed by atoms with Gasteiger partial charge >= 0.3 is 0 Å². The Bertz CT molecular complexity index is 750. The minimum absolute atomic E-state index is 0.221. The molecule has 1 unspecified atom stereocenters. The van der Waals surface area contributed by atoms with E-state index in [1.54, 1.807) is 6.92 Å². The van der Waals surface area contributed by atoms with E-state index in [2.05, 4.69) is 0 Å². The quantitative estimate of drug-likeness (QED) is 0.163. The van der Waals surface area contributed by atoms with Crippen LogP contribution in [0.4, 0.5) is 0 Å². The summed E-state index contributed by atoms with van der Waals surface area (Å²) in [6.07, 6.45) is -14.6. The maximum absolute atomic E-state index is 11.6.